The molecule has 12 heavy (non-hydrogen) atoms. The highest BCUT2D eigenvalue weighted by Gasteiger charge is 2.35. The lowest BCUT2D eigenvalue weighted by atomic mass is 10.0. The zero-order valence-corrected chi connectivity index (χ0v) is 6.25. The van der Waals surface area contributed by atoms with Gasteiger partial charge in [-0.05, 0) is 6.92 Å². The Kier molecular flexibility index (Phi) is 3.12. The Morgan fingerprint density at radius 1 is 1.33 bits per heavy atom. The van der Waals surface area contributed by atoms with Gasteiger partial charge in [-0.3, -0.25) is 9.59 Å². The number of rotatable bonds is 4. The van der Waals surface area contributed by atoms with Gasteiger partial charge < -0.3 is 10.2 Å². The lowest BCUT2D eigenvalue weighted by Gasteiger charge is -2.12. The summed E-state index contributed by atoms with van der Waals surface area (Å²) in [6.45, 7) is 0.478. The highest BCUT2D eigenvalue weighted by molar-refractivity contribution is 5.92. The summed E-state index contributed by atoms with van der Waals surface area (Å²) < 4.78 is 24.3. The van der Waals surface area contributed by atoms with E-state index < -0.39 is 30.2 Å². The molecule has 0 bridgehead atoms. The molecule has 70 valence electrons. The van der Waals surface area contributed by atoms with Gasteiger partial charge in [0.25, 0.3) is 0 Å². The number of carboxylic acids is 2. The van der Waals surface area contributed by atoms with E-state index in [-0.39, 0.29) is 0 Å². The van der Waals surface area contributed by atoms with Crippen LogP contribution in [0.15, 0.2) is 0 Å². The first kappa shape index (κ1) is 10.8. The standard InChI is InChI=1S/C6H8F2O4/c1-6(7,8)2-3(4(9)10)5(11)12/h3H,2H2,1H3,(H,9,10)(H,11,12). The van der Waals surface area contributed by atoms with Crippen molar-refractivity contribution in [2.45, 2.75) is 19.3 Å². The molecule has 0 radical (unpaired) electrons. The maximum atomic E-state index is 12.2. The normalized spacial score (nSPS) is 11.7. The number of aliphatic carboxylic acids is 2. The second kappa shape index (κ2) is 3.46. The van der Waals surface area contributed by atoms with Crippen LogP contribution in [0.5, 0.6) is 0 Å². The molecule has 0 aromatic carbocycles. The first-order valence-electron chi connectivity index (χ1n) is 3.07. The molecule has 0 saturated carbocycles. The van der Waals surface area contributed by atoms with Crippen molar-refractivity contribution in [2.75, 3.05) is 0 Å². The number of hydrogen-bond acceptors (Lipinski definition) is 2. The molecular weight excluding hydrogens is 174 g/mol. The van der Waals surface area contributed by atoms with Gasteiger partial charge in [-0.25, -0.2) is 8.78 Å². The van der Waals surface area contributed by atoms with Crippen molar-refractivity contribution in [2.24, 2.45) is 5.92 Å². The van der Waals surface area contributed by atoms with Gasteiger partial charge in [0.05, 0.1) is 0 Å². The first-order valence-corrected chi connectivity index (χ1v) is 3.07. The summed E-state index contributed by atoms with van der Waals surface area (Å²) in [5.41, 5.74) is 0. The van der Waals surface area contributed by atoms with Gasteiger partial charge >= 0.3 is 11.9 Å². The number of alkyl halides is 2. The summed E-state index contributed by atoms with van der Waals surface area (Å²) in [6, 6.07) is 0. The average molecular weight is 182 g/mol. The Bertz CT molecular complexity index is 182. The first-order chi connectivity index (χ1) is 5.24. The third-order valence-corrected chi connectivity index (χ3v) is 1.16. The third-order valence-electron chi connectivity index (χ3n) is 1.16. The van der Waals surface area contributed by atoms with Crippen molar-refractivity contribution >= 4 is 11.9 Å². The number of hydrogen-bond donors (Lipinski definition) is 2. The predicted octanol–water partition coefficient (Wildman–Crippen LogP) is 0.817. The van der Waals surface area contributed by atoms with Crippen molar-refractivity contribution < 1.29 is 28.6 Å². The minimum Gasteiger partial charge on any atom is -0.481 e. The highest BCUT2D eigenvalue weighted by Crippen LogP contribution is 2.22. The molecule has 0 spiro atoms. The van der Waals surface area contributed by atoms with Gasteiger partial charge in [0.1, 0.15) is 0 Å². The van der Waals surface area contributed by atoms with E-state index in [4.69, 9.17) is 10.2 Å². The van der Waals surface area contributed by atoms with Crippen LogP contribution >= 0.6 is 0 Å². The zero-order valence-electron chi connectivity index (χ0n) is 6.25. The zero-order chi connectivity index (χ0) is 9.94. The van der Waals surface area contributed by atoms with Gasteiger partial charge in [-0.15, -0.1) is 0 Å². The van der Waals surface area contributed by atoms with Crippen LogP contribution in [0, 0.1) is 5.92 Å². The SMILES string of the molecule is CC(F)(F)CC(C(=O)O)C(=O)O. The molecule has 4 nitrogen and oxygen atoms in total. The Morgan fingerprint density at radius 3 is 1.75 bits per heavy atom. The number of carbonyl (C=O) groups is 2. The van der Waals surface area contributed by atoms with E-state index in [1.807, 2.05) is 0 Å². The molecule has 0 rings (SSSR count). The summed E-state index contributed by atoms with van der Waals surface area (Å²) >= 11 is 0. The topological polar surface area (TPSA) is 74.6 Å². The summed E-state index contributed by atoms with van der Waals surface area (Å²) in [5.74, 6) is -8.81. The van der Waals surface area contributed by atoms with Crippen LogP contribution in [0.25, 0.3) is 0 Å². The predicted molar refractivity (Wildman–Crippen MR) is 34.0 cm³/mol. The van der Waals surface area contributed by atoms with Crippen LogP contribution in [-0.4, -0.2) is 28.1 Å². The average Bonchev–Trinajstić information content (AvgIpc) is 1.79. The molecule has 2 N–H and O–H groups in total. The second-order valence-corrected chi connectivity index (χ2v) is 2.50. The van der Waals surface area contributed by atoms with Gasteiger partial charge in [0.2, 0.25) is 5.92 Å². The lowest BCUT2D eigenvalue weighted by Crippen LogP contribution is -2.29. The minimum atomic E-state index is -3.28. The van der Waals surface area contributed by atoms with Crippen LogP contribution < -0.4 is 0 Å². The largest absolute Gasteiger partial charge is 0.481 e. The van der Waals surface area contributed by atoms with Crippen molar-refractivity contribution in [3.05, 3.63) is 0 Å². The molecule has 0 fully saturated rings. The monoisotopic (exact) mass is 182 g/mol. The summed E-state index contributed by atoms with van der Waals surface area (Å²) in [5, 5.41) is 16.4. The Morgan fingerprint density at radius 2 is 1.67 bits per heavy atom. The van der Waals surface area contributed by atoms with E-state index in [1.54, 1.807) is 0 Å². The molecule has 0 aromatic heterocycles. The fourth-order valence-corrected chi connectivity index (χ4v) is 0.639. The summed E-state index contributed by atoms with van der Waals surface area (Å²) in [4.78, 5) is 20.2. The molecule has 0 atom stereocenters. The lowest BCUT2D eigenvalue weighted by molar-refractivity contribution is -0.158. The minimum absolute atomic E-state index is 0.478. The molecule has 6 heteroatoms. The van der Waals surface area contributed by atoms with Crippen LogP contribution in [-0.2, 0) is 9.59 Å². The smallest absolute Gasteiger partial charge is 0.318 e. The van der Waals surface area contributed by atoms with Gasteiger partial charge in [0.15, 0.2) is 5.92 Å². The van der Waals surface area contributed by atoms with E-state index in [9.17, 15) is 18.4 Å². The molecule has 0 unspecified atom stereocenters. The molecule has 0 amide bonds. The number of halogens is 2. The van der Waals surface area contributed by atoms with E-state index >= 15 is 0 Å². The van der Waals surface area contributed by atoms with Crippen LogP contribution in [0.2, 0.25) is 0 Å². The van der Waals surface area contributed by atoms with E-state index in [1.165, 1.54) is 0 Å². The summed E-state index contributed by atoms with van der Waals surface area (Å²) in [7, 11) is 0. The summed E-state index contributed by atoms with van der Waals surface area (Å²) in [6.07, 6.45) is -1.18. The van der Waals surface area contributed by atoms with Crippen molar-refractivity contribution in [3.63, 3.8) is 0 Å². The third kappa shape index (κ3) is 3.85. The van der Waals surface area contributed by atoms with Crippen LogP contribution in [0.1, 0.15) is 13.3 Å². The Labute approximate surface area is 66.8 Å². The number of carboxylic acid groups (broad SMARTS) is 2. The van der Waals surface area contributed by atoms with Crippen molar-refractivity contribution in [1.82, 2.24) is 0 Å². The van der Waals surface area contributed by atoms with Gasteiger partial charge in [-0.2, -0.15) is 0 Å². The van der Waals surface area contributed by atoms with Crippen molar-refractivity contribution in [1.29, 1.82) is 0 Å². The second-order valence-electron chi connectivity index (χ2n) is 2.50. The van der Waals surface area contributed by atoms with E-state index in [0.717, 1.165) is 0 Å². The maximum Gasteiger partial charge on any atom is 0.318 e. The van der Waals surface area contributed by atoms with Crippen LogP contribution in [0.3, 0.4) is 0 Å². The fourth-order valence-electron chi connectivity index (χ4n) is 0.639. The van der Waals surface area contributed by atoms with Crippen LogP contribution in [0.4, 0.5) is 8.78 Å². The van der Waals surface area contributed by atoms with E-state index in [0.29, 0.717) is 6.92 Å². The molecular formula is C6H8F2O4. The van der Waals surface area contributed by atoms with Gasteiger partial charge in [0, 0.05) is 6.42 Å². The Balaban J connectivity index is 4.35. The molecule has 0 saturated heterocycles. The molecule has 0 aromatic rings. The highest BCUT2D eigenvalue weighted by atomic mass is 19.3. The maximum absolute atomic E-state index is 12.2. The molecule has 0 aliphatic rings. The quantitative estimate of drug-likeness (QED) is 0.631. The van der Waals surface area contributed by atoms with Crippen molar-refractivity contribution in [3.8, 4) is 0 Å². The van der Waals surface area contributed by atoms with E-state index in [2.05, 4.69) is 0 Å². The molecule has 0 heterocycles. The van der Waals surface area contributed by atoms with Gasteiger partial charge in [-0.1, -0.05) is 0 Å². The fraction of sp³-hybridized carbons (Fsp3) is 0.667. The molecule has 0 aliphatic carbocycles. The molecule has 0 aliphatic heterocycles. The Hall–Kier alpha value is -1.20.